The van der Waals surface area contributed by atoms with E-state index in [1.54, 1.807) is 0 Å². The van der Waals surface area contributed by atoms with E-state index >= 15 is 0 Å². The van der Waals surface area contributed by atoms with Gasteiger partial charge in [0.15, 0.2) is 0 Å². The van der Waals surface area contributed by atoms with Gasteiger partial charge in [0.2, 0.25) is 10.0 Å². The van der Waals surface area contributed by atoms with Gasteiger partial charge < -0.3 is 5.73 Å². The van der Waals surface area contributed by atoms with E-state index in [4.69, 9.17) is 5.73 Å². The third-order valence-electron chi connectivity index (χ3n) is 4.50. The van der Waals surface area contributed by atoms with Crippen LogP contribution in [0.1, 0.15) is 57.8 Å². The number of nitrogens with two attached hydrogens (primary N) is 1. The van der Waals surface area contributed by atoms with Crippen molar-refractivity contribution in [2.75, 3.05) is 12.3 Å². The van der Waals surface area contributed by atoms with Gasteiger partial charge in [0.25, 0.3) is 0 Å². The van der Waals surface area contributed by atoms with Crippen LogP contribution in [0.15, 0.2) is 0 Å². The van der Waals surface area contributed by atoms with Crippen molar-refractivity contribution in [3.8, 4) is 0 Å². The van der Waals surface area contributed by atoms with Crippen LogP contribution in [0.2, 0.25) is 0 Å². The van der Waals surface area contributed by atoms with Gasteiger partial charge in [-0.1, -0.05) is 32.1 Å². The summed E-state index contributed by atoms with van der Waals surface area (Å²) < 4.78 is 27.4. The number of rotatable bonds is 5. The molecular formula is C13H26N2O2S. The average molecular weight is 274 g/mol. The lowest BCUT2D eigenvalue weighted by Gasteiger charge is -2.30. The Morgan fingerprint density at radius 1 is 1.06 bits per heavy atom. The molecule has 0 bridgehead atoms. The second kappa shape index (κ2) is 5.88. The first kappa shape index (κ1) is 14.3. The zero-order valence-electron chi connectivity index (χ0n) is 11.2. The molecule has 0 unspecified atom stereocenters. The molecule has 2 fully saturated rings. The molecular weight excluding hydrogens is 248 g/mol. The molecule has 0 amide bonds. The first-order chi connectivity index (χ1) is 8.55. The smallest absolute Gasteiger partial charge is 0.212 e. The van der Waals surface area contributed by atoms with Crippen LogP contribution in [0.5, 0.6) is 0 Å². The Kier molecular flexibility index (Phi) is 4.67. The highest BCUT2D eigenvalue weighted by atomic mass is 32.2. The molecule has 5 heteroatoms. The lowest BCUT2D eigenvalue weighted by molar-refractivity contribution is 0.371. The average Bonchev–Trinajstić information content (AvgIpc) is 2.78. The normalized spacial score (nSPS) is 25.4. The van der Waals surface area contributed by atoms with E-state index in [-0.39, 0.29) is 5.54 Å². The predicted octanol–water partition coefficient (Wildman–Crippen LogP) is 1.76. The Bertz CT molecular complexity index is 355. The van der Waals surface area contributed by atoms with Gasteiger partial charge in [0.1, 0.15) is 0 Å². The SMILES string of the molecule is NCC1(NS(=O)(=O)CC2CCCCC2)CCCC1. The molecule has 2 saturated carbocycles. The van der Waals surface area contributed by atoms with Gasteiger partial charge in [-0.15, -0.1) is 0 Å². The van der Waals surface area contributed by atoms with E-state index in [1.165, 1.54) is 19.3 Å². The minimum absolute atomic E-state index is 0.300. The van der Waals surface area contributed by atoms with Crippen molar-refractivity contribution in [2.24, 2.45) is 11.7 Å². The van der Waals surface area contributed by atoms with Crippen molar-refractivity contribution in [2.45, 2.75) is 63.3 Å². The number of hydrogen-bond acceptors (Lipinski definition) is 3. The van der Waals surface area contributed by atoms with Gasteiger partial charge in [0, 0.05) is 12.1 Å². The maximum atomic E-state index is 12.3. The van der Waals surface area contributed by atoms with Crippen molar-refractivity contribution in [3.63, 3.8) is 0 Å². The molecule has 106 valence electrons. The molecule has 0 aromatic heterocycles. The molecule has 0 spiro atoms. The van der Waals surface area contributed by atoms with Gasteiger partial charge in [-0.05, 0) is 31.6 Å². The largest absolute Gasteiger partial charge is 0.329 e. The van der Waals surface area contributed by atoms with E-state index < -0.39 is 10.0 Å². The lowest BCUT2D eigenvalue weighted by atomic mass is 9.91. The predicted molar refractivity (Wildman–Crippen MR) is 73.8 cm³/mol. The van der Waals surface area contributed by atoms with Crippen LogP contribution in [-0.4, -0.2) is 26.3 Å². The van der Waals surface area contributed by atoms with Crippen molar-refractivity contribution in [3.05, 3.63) is 0 Å². The van der Waals surface area contributed by atoms with Crippen LogP contribution in [0.3, 0.4) is 0 Å². The van der Waals surface area contributed by atoms with Crippen LogP contribution in [0.25, 0.3) is 0 Å². The molecule has 18 heavy (non-hydrogen) atoms. The highest BCUT2D eigenvalue weighted by molar-refractivity contribution is 7.89. The minimum Gasteiger partial charge on any atom is -0.329 e. The van der Waals surface area contributed by atoms with Gasteiger partial charge >= 0.3 is 0 Å². The monoisotopic (exact) mass is 274 g/mol. The first-order valence-electron chi connectivity index (χ1n) is 7.27. The molecule has 0 atom stereocenters. The molecule has 2 aliphatic rings. The molecule has 0 radical (unpaired) electrons. The maximum absolute atomic E-state index is 12.3. The molecule has 3 N–H and O–H groups in total. The van der Waals surface area contributed by atoms with Crippen molar-refractivity contribution >= 4 is 10.0 Å². The van der Waals surface area contributed by atoms with Gasteiger partial charge in [-0.3, -0.25) is 0 Å². The number of sulfonamides is 1. The van der Waals surface area contributed by atoms with E-state index in [0.717, 1.165) is 38.5 Å². The molecule has 0 heterocycles. The Morgan fingerprint density at radius 2 is 1.67 bits per heavy atom. The quantitative estimate of drug-likeness (QED) is 0.802. The summed E-state index contributed by atoms with van der Waals surface area (Å²) in [5.74, 6) is 0.654. The van der Waals surface area contributed by atoms with Gasteiger partial charge in [-0.25, -0.2) is 13.1 Å². The molecule has 0 saturated heterocycles. The van der Waals surface area contributed by atoms with Gasteiger partial charge in [0.05, 0.1) is 5.75 Å². The van der Waals surface area contributed by atoms with Crippen LogP contribution >= 0.6 is 0 Å². The Hall–Kier alpha value is -0.130. The summed E-state index contributed by atoms with van der Waals surface area (Å²) >= 11 is 0. The minimum atomic E-state index is -3.17. The van der Waals surface area contributed by atoms with E-state index in [1.807, 2.05) is 0 Å². The van der Waals surface area contributed by atoms with Crippen LogP contribution < -0.4 is 10.5 Å². The number of hydrogen-bond donors (Lipinski definition) is 2. The Balaban J connectivity index is 1.93. The first-order valence-corrected chi connectivity index (χ1v) is 8.92. The Labute approximate surface area is 111 Å². The van der Waals surface area contributed by atoms with Crippen LogP contribution in [-0.2, 0) is 10.0 Å². The van der Waals surface area contributed by atoms with E-state index in [9.17, 15) is 8.42 Å². The number of nitrogens with one attached hydrogen (secondary N) is 1. The highest BCUT2D eigenvalue weighted by Crippen LogP contribution is 2.30. The fourth-order valence-electron chi connectivity index (χ4n) is 3.44. The topological polar surface area (TPSA) is 72.2 Å². The zero-order chi connectivity index (χ0) is 13.1. The molecule has 2 rings (SSSR count). The summed E-state index contributed by atoms with van der Waals surface area (Å²) in [6.45, 7) is 0.427. The third-order valence-corrected chi connectivity index (χ3v) is 6.16. The van der Waals surface area contributed by atoms with E-state index in [2.05, 4.69) is 4.72 Å². The summed E-state index contributed by atoms with van der Waals surface area (Å²) in [4.78, 5) is 0. The second-order valence-electron chi connectivity index (χ2n) is 6.08. The second-order valence-corrected chi connectivity index (χ2v) is 7.85. The van der Waals surface area contributed by atoms with Crippen molar-refractivity contribution in [1.82, 2.24) is 4.72 Å². The van der Waals surface area contributed by atoms with Gasteiger partial charge in [-0.2, -0.15) is 0 Å². The fraction of sp³-hybridized carbons (Fsp3) is 1.00. The maximum Gasteiger partial charge on any atom is 0.212 e. The third kappa shape index (κ3) is 3.68. The zero-order valence-corrected chi connectivity index (χ0v) is 12.0. The van der Waals surface area contributed by atoms with Crippen molar-refractivity contribution < 1.29 is 8.42 Å². The summed E-state index contributed by atoms with van der Waals surface area (Å²) in [5, 5.41) is 0. The molecule has 0 aromatic carbocycles. The van der Waals surface area contributed by atoms with Crippen molar-refractivity contribution in [1.29, 1.82) is 0 Å². The summed E-state index contributed by atoms with van der Waals surface area (Å²) in [7, 11) is -3.17. The fourth-order valence-corrected chi connectivity index (χ4v) is 5.42. The molecule has 4 nitrogen and oxygen atoms in total. The summed E-state index contributed by atoms with van der Waals surface area (Å²) in [6.07, 6.45) is 9.72. The highest BCUT2D eigenvalue weighted by Gasteiger charge is 2.36. The lowest BCUT2D eigenvalue weighted by Crippen LogP contribution is -2.52. The van der Waals surface area contributed by atoms with Crippen LogP contribution in [0, 0.1) is 5.92 Å². The van der Waals surface area contributed by atoms with E-state index in [0.29, 0.717) is 18.2 Å². The molecule has 0 aliphatic heterocycles. The summed E-state index contributed by atoms with van der Waals surface area (Å²) in [5.41, 5.74) is 5.44. The standard InChI is InChI=1S/C13H26N2O2S/c14-11-13(8-4-5-9-13)15-18(16,17)10-12-6-2-1-3-7-12/h12,15H,1-11,14H2. The van der Waals surface area contributed by atoms with Crippen LogP contribution in [0.4, 0.5) is 0 Å². The summed E-state index contributed by atoms with van der Waals surface area (Å²) in [6, 6.07) is 0. The molecule has 0 aromatic rings. The Morgan fingerprint density at radius 3 is 2.22 bits per heavy atom. The molecule has 2 aliphatic carbocycles.